The van der Waals surface area contributed by atoms with Crippen LogP contribution in [-0.4, -0.2) is 18.6 Å². The van der Waals surface area contributed by atoms with Crippen molar-refractivity contribution in [1.29, 1.82) is 0 Å². The van der Waals surface area contributed by atoms with Gasteiger partial charge in [0.2, 0.25) is 5.90 Å². The molecule has 1 heterocycles. The summed E-state index contributed by atoms with van der Waals surface area (Å²) in [6.45, 7) is 0. The van der Waals surface area contributed by atoms with Gasteiger partial charge < -0.3 is 9.57 Å². The zero-order valence-corrected chi connectivity index (χ0v) is 8.21. The monoisotopic (exact) mass is 183 g/mol. The molecule has 2 aliphatic rings. The molecule has 1 aliphatic carbocycles. The van der Waals surface area contributed by atoms with Gasteiger partial charge in [-0.2, -0.15) is 0 Å². The molecule has 1 saturated carbocycles. The molecule has 0 radical (unpaired) electrons. The van der Waals surface area contributed by atoms with Crippen molar-refractivity contribution < 1.29 is 9.57 Å². The van der Waals surface area contributed by atoms with Crippen LogP contribution in [0.3, 0.4) is 0 Å². The van der Waals surface area contributed by atoms with Crippen molar-refractivity contribution in [2.45, 2.75) is 50.5 Å². The average Bonchev–Trinajstić information content (AvgIpc) is 2.51. The lowest BCUT2D eigenvalue weighted by Crippen LogP contribution is -2.30. The normalized spacial score (nSPS) is 29.2. The average molecular weight is 183 g/mol. The Morgan fingerprint density at radius 1 is 1.23 bits per heavy atom. The highest BCUT2D eigenvalue weighted by molar-refractivity contribution is 5.78. The van der Waals surface area contributed by atoms with E-state index in [9.17, 15) is 0 Å². The maximum absolute atomic E-state index is 5.86. The van der Waals surface area contributed by atoms with Gasteiger partial charge in [0.25, 0.3) is 0 Å². The Bertz CT molecular complexity index is 207. The second-order valence-corrected chi connectivity index (χ2v) is 4.01. The molecule has 3 nitrogen and oxygen atoms in total. The molecule has 2 fully saturated rings. The van der Waals surface area contributed by atoms with Crippen molar-refractivity contribution in [3.8, 4) is 0 Å². The Morgan fingerprint density at radius 2 is 2.00 bits per heavy atom. The largest absolute Gasteiger partial charge is 0.472 e. The Balaban J connectivity index is 1.98. The Kier molecular flexibility index (Phi) is 2.42. The van der Waals surface area contributed by atoms with Gasteiger partial charge in [-0.15, -0.1) is 0 Å². The van der Waals surface area contributed by atoms with E-state index in [4.69, 9.17) is 9.57 Å². The lowest BCUT2D eigenvalue weighted by Gasteiger charge is -2.31. The maximum atomic E-state index is 5.86. The summed E-state index contributed by atoms with van der Waals surface area (Å²) >= 11 is 0. The topological polar surface area (TPSA) is 30.8 Å². The Morgan fingerprint density at radius 3 is 2.69 bits per heavy atom. The summed E-state index contributed by atoms with van der Waals surface area (Å²) < 4.78 is 5.86. The second kappa shape index (κ2) is 3.56. The molecule has 0 amide bonds. The molecule has 0 N–H and O–H groups in total. The van der Waals surface area contributed by atoms with E-state index in [1.165, 1.54) is 32.1 Å². The maximum Gasteiger partial charge on any atom is 0.226 e. The summed E-state index contributed by atoms with van der Waals surface area (Å²) in [5.41, 5.74) is 0.135. The predicted molar refractivity (Wildman–Crippen MR) is 50.6 cm³/mol. The van der Waals surface area contributed by atoms with Crippen LogP contribution in [0, 0.1) is 0 Å². The first kappa shape index (κ1) is 8.85. The third-order valence-corrected chi connectivity index (χ3v) is 3.09. The molecule has 0 aromatic carbocycles. The van der Waals surface area contributed by atoms with Gasteiger partial charge in [-0.3, -0.25) is 0 Å². The molecule has 0 bridgehead atoms. The minimum atomic E-state index is 0.135. The number of ether oxygens (including phenoxy) is 1. The van der Waals surface area contributed by atoms with Crippen LogP contribution in [0.25, 0.3) is 0 Å². The van der Waals surface area contributed by atoms with E-state index >= 15 is 0 Å². The van der Waals surface area contributed by atoms with Crippen molar-refractivity contribution in [2.75, 3.05) is 7.11 Å². The number of hydrogen-bond acceptors (Lipinski definition) is 3. The van der Waals surface area contributed by atoms with E-state index in [0.717, 1.165) is 18.7 Å². The Labute approximate surface area is 79.1 Å². The molecule has 1 spiro atoms. The number of oxime groups is 1. The van der Waals surface area contributed by atoms with Crippen LogP contribution in [-0.2, 0) is 9.57 Å². The number of hydrogen-bond donors (Lipinski definition) is 0. The van der Waals surface area contributed by atoms with Crippen molar-refractivity contribution in [1.82, 2.24) is 0 Å². The van der Waals surface area contributed by atoms with Gasteiger partial charge in [0.15, 0.2) is 0 Å². The van der Waals surface area contributed by atoms with E-state index in [1.807, 2.05) is 0 Å². The van der Waals surface area contributed by atoms with Crippen molar-refractivity contribution in [3.05, 3.63) is 0 Å². The summed E-state index contributed by atoms with van der Waals surface area (Å²) in [7, 11) is 1.57. The summed E-state index contributed by atoms with van der Waals surface area (Å²) in [6, 6.07) is 0. The molecule has 0 unspecified atom stereocenters. The van der Waals surface area contributed by atoms with E-state index in [1.54, 1.807) is 7.11 Å². The molecule has 2 rings (SSSR count). The van der Waals surface area contributed by atoms with Crippen molar-refractivity contribution in [3.63, 3.8) is 0 Å². The van der Waals surface area contributed by atoms with Gasteiger partial charge in [-0.1, -0.05) is 11.6 Å². The van der Waals surface area contributed by atoms with Gasteiger partial charge in [0.05, 0.1) is 0 Å². The summed E-state index contributed by atoms with van der Waals surface area (Å²) in [4.78, 5) is 4.72. The lowest BCUT2D eigenvalue weighted by molar-refractivity contribution is 0.0351. The summed E-state index contributed by atoms with van der Waals surface area (Å²) in [6.07, 6.45) is 8.47. The van der Waals surface area contributed by atoms with Gasteiger partial charge in [0.1, 0.15) is 12.7 Å². The minimum Gasteiger partial charge on any atom is -0.472 e. The van der Waals surface area contributed by atoms with Gasteiger partial charge in [0, 0.05) is 6.42 Å². The first-order chi connectivity index (χ1) is 6.35. The lowest BCUT2D eigenvalue weighted by atomic mass is 9.83. The number of rotatable bonds is 1. The van der Waals surface area contributed by atoms with Gasteiger partial charge in [-0.25, -0.2) is 0 Å². The van der Waals surface area contributed by atoms with Gasteiger partial charge in [-0.05, 0) is 32.1 Å². The van der Waals surface area contributed by atoms with Crippen LogP contribution in [0.4, 0.5) is 0 Å². The van der Waals surface area contributed by atoms with E-state index in [-0.39, 0.29) is 5.60 Å². The quantitative estimate of drug-likeness (QED) is 0.585. The second-order valence-electron chi connectivity index (χ2n) is 4.01. The zero-order valence-electron chi connectivity index (χ0n) is 8.21. The molecule has 1 aliphatic heterocycles. The van der Waals surface area contributed by atoms with Gasteiger partial charge >= 0.3 is 0 Å². The highest BCUT2D eigenvalue weighted by atomic mass is 16.6. The third kappa shape index (κ3) is 1.79. The summed E-state index contributed by atoms with van der Waals surface area (Å²) in [5.74, 6) is 0.796. The van der Waals surface area contributed by atoms with E-state index in [2.05, 4.69) is 5.16 Å². The van der Waals surface area contributed by atoms with Crippen LogP contribution in [0.2, 0.25) is 0 Å². The minimum absolute atomic E-state index is 0.135. The van der Waals surface area contributed by atoms with Crippen LogP contribution < -0.4 is 0 Å². The molecule has 0 atom stereocenters. The molecule has 13 heavy (non-hydrogen) atoms. The highest BCUT2D eigenvalue weighted by Crippen LogP contribution is 2.40. The molecule has 74 valence electrons. The Hall–Kier alpha value is -0.730. The van der Waals surface area contributed by atoms with E-state index in [0.29, 0.717) is 0 Å². The van der Waals surface area contributed by atoms with Crippen LogP contribution in [0.15, 0.2) is 5.16 Å². The summed E-state index contributed by atoms with van der Waals surface area (Å²) in [5, 5.41) is 3.87. The fraction of sp³-hybridized carbons (Fsp3) is 0.900. The zero-order chi connectivity index (χ0) is 9.15. The predicted octanol–water partition coefficient (Wildman–Crippen LogP) is 2.46. The fourth-order valence-corrected chi connectivity index (χ4v) is 2.40. The highest BCUT2D eigenvalue weighted by Gasteiger charge is 2.40. The van der Waals surface area contributed by atoms with Crippen LogP contribution in [0.5, 0.6) is 0 Å². The fourth-order valence-electron chi connectivity index (χ4n) is 2.40. The number of nitrogens with zero attached hydrogens (tertiary/aromatic N) is 1. The van der Waals surface area contributed by atoms with Crippen molar-refractivity contribution >= 4 is 5.90 Å². The molecule has 3 heteroatoms. The SMILES string of the molecule is CO/N=C1/CCC2(CCCCC2)O1. The molecular weight excluding hydrogens is 166 g/mol. The standard InChI is InChI=1S/C10H17NO2/c1-12-11-9-5-8-10(13-9)6-3-2-4-7-10/h2-8H2,1H3/b11-9-. The first-order valence-corrected chi connectivity index (χ1v) is 5.14. The first-order valence-electron chi connectivity index (χ1n) is 5.14. The third-order valence-electron chi connectivity index (χ3n) is 3.09. The molecule has 0 aromatic heterocycles. The van der Waals surface area contributed by atoms with Crippen molar-refractivity contribution in [2.24, 2.45) is 5.16 Å². The van der Waals surface area contributed by atoms with Crippen LogP contribution >= 0.6 is 0 Å². The van der Waals surface area contributed by atoms with Crippen LogP contribution in [0.1, 0.15) is 44.9 Å². The van der Waals surface area contributed by atoms with E-state index < -0.39 is 0 Å². The molecule has 0 aromatic rings. The molecular formula is C10H17NO2. The molecule has 1 saturated heterocycles. The smallest absolute Gasteiger partial charge is 0.226 e.